The highest BCUT2D eigenvalue weighted by atomic mass is 35.5. The fourth-order valence-corrected chi connectivity index (χ4v) is 2.92. The Morgan fingerprint density at radius 1 is 1.20 bits per heavy atom. The molecule has 1 aliphatic heterocycles. The fourth-order valence-electron chi connectivity index (χ4n) is 2.46. The highest BCUT2D eigenvalue weighted by Gasteiger charge is 2.36. The van der Waals surface area contributed by atoms with Gasteiger partial charge < -0.3 is 5.32 Å². The molecule has 0 bridgehead atoms. The molecule has 1 unspecified atom stereocenters. The van der Waals surface area contributed by atoms with Gasteiger partial charge in [-0.1, -0.05) is 29.3 Å². The highest BCUT2D eigenvalue weighted by Crippen LogP contribution is 2.46. The van der Waals surface area contributed by atoms with Crippen molar-refractivity contribution in [2.75, 3.05) is 6.54 Å². The van der Waals surface area contributed by atoms with Crippen molar-refractivity contribution in [1.82, 2.24) is 5.32 Å². The zero-order chi connectivity index (χ0) is 10.4. The molecule has 1 N–H and O–H groups in total. The Balaban J connectivity index is 2.10. The smallest absolute Gasteiger partial charge is 0.0642 e. The molecule has 15 heavy (non-hydrogen) atoms. The third-order valence-corrected chi connectivity index (χ3v) is 4.20. The quantitative estimate of drug-likeness (QED) is 0.793. The molecule has 2 aliphatic rings. The van der Waals surface area contributed by atoms with E-state index in [1.165, 1.54) is 24.0 Å². The second-order valence-electron chi connectivity index (χ2n) is 4.45. The average Bonchev–Trinajstić information content (AvgIpc) is 3.06. The molecule has 1 fully saturated rings. The van der Waals surface area contributed by atoms with Gasteiger partial charge in [-0.25, -0.2) is 0 Å². The zero-order valence-electron chi connectivity index (χ0n) is 8.39. The molecule has 1 heterocycles. The van der Waals surface area contributed by atoms with Crippen LogP contribution in [0, 0.1) is 5.92 Å². The van der Waals surface area contributed by atoms with E-state index in [9.17, 15) is 0 Å². The van der Waals surface area contributed by atoms with Gasteiger partial charge in [0.1, 0.15) is 0 Å². The van der Waals surface area contributed by atoms with Crippen molar-refractivity contribution in [3.05, 3.63) is 33.3 Å². The number of hydrogen-bond acceptors (Lipinski definition) is 1. The van der Waals surface area contributed by atoms with Crippen LogP contribution in [0.2, 0.25) is 10.0 Å². The first-order valence-corrected chi connectivity index (χ1v) is 6.23. The normalized spacial score (nSPS) is 25.1. The molecule has 1 aliphatic carbocycles. The van der Waals surface area contributed by atoms with Crippen molar-refractivity contribution < 1.29 is 0 Å². The minimum absolute atomic E-state index is 0.444. The van der Waals surface area contributed by atoms with Crippen LogP contribution in [0.1, 0.15) is 30.0 Å². The van der Waals surface area contributed by atoms with Crippen molar-refractivity contribution in [2.24, 2.45) is 5.92 Å². The topological polar surface area (TPSA) is 12.0 Å². The van der Waals surface area contributed by atoms with E-state index in [0.717, 1.165) is 23.9 Å². The Bertz CT molecular complexity index is 399. The first-order valence-electron chi connectivity index (χ1n) is 5.47. The van der Waals surface area contributed by atoms with Crippen LogP contribution in [0.4, 0.5) is 0 Å². The van der Waals surface area contributed by atoms with Gasteiger partial charge in [0, 0.05) is 6.04 Å². The Kier molecular flexibility index (Phi) is 2.42. The summed E-state index contributed by atoms with van der Waals surface area (Å²) >= 11 is 12.4. The maximum absolute atomic E-state index is 6.31. The minimum atomic E-state index is 0.444. The maximum atomic E-state index is 6.31. The summed E-state index contributed by atoms with van der Waals surface area (Å²) in [5.41, 5.74) is 2.64. The number of rotatable bonds is 1. The average molecular weight is 242 g/mol. The highest BCUT2D eigenvalue weighted by molar-refractivity contribution is 6.42. The van der Waals surface area contributed by atoms with Gasteiger partial charge in [-0.2, -0.15) is 0 Å². The van der Waals surface area contributed by atoms with Crippen LogP contribution in [0.25, 0.3) is 0 Å². The van der Waals surface area contributed by atoms with Crippen molar-refractivity contribution in [2.45, 2.75) is 25.3 Å². The summed E-state index contributed by atoms with van der Waals surface area (Å²) in [6, 6.07) is 4.48. The monoisotopic (exact) mass is 241 g/mol. The molecule has 0 saturated heterocycles. The molecular weight excluding hydrogens is 229 g/mol. The van der Waals surface area contributed by atoms with Gasteiger partial charge in [0.25, 0.3) is 0 Å². The molecule has 0 amide bonds. The second-order valence-corrected chi connectivity index (χ2v) is 5.24. The number of fused-ring (bicyclic) bond motifs is 1. The molecule has 0 spiro atoms. The Morgan fingerprint density at radius 3 is 2.73 bits per heavy atom. The van der Waals surface area contributed by atoms with E-state index in [1.54, 1.807) is 0 Å². The van der Waals surface area contributed by atoms with Crippen molar-refractivity contribution in [3.63, 3.8) is 0 Å². The van der Waals surface area contributed by atoms with E-state index in [-0.39, 0.29) is 0 Å². The lowest BCUT2D eigenvalue weighted by Gasteiger charge is -2.28. The van der Waals surface area contributed by atoms with Gasteiger partial charge in [-0.05, 0) is 48.9 Å². The molecule has 1 aromatic rings. The molecule has 1 nitrogen and oxygen atoms in total. The van der Waals surface area contributed by atoms with Crippen molar-refractivity contribution >= 4 is 23.2 Å². The van der Waals surface area contributed by atoms with Crippen molar-refractivity contribution in [1.29, 1.82) is 0 Å². The molecular formula is C12H13Cl2N. The summed E-state index contributed by atoms with van der Waals surface area (Å²) < 4.78 is 0. The van der Waals surface area contributed by atoms with E-state index >= 15 is 0 Å². The third kappa shape index (κ3) is 1.67. The number of nitrogens with one attached hydrogen (secondary N) is 1. The van der Waals surface area contributed by atoms with Gasteiger partial charge in [0.2, 0.25) is 0 Å². The Hall–Kier alpha value is -0.240. The number of halogens is 2. The van der Waals surface area contributed by atoms with Gasteiger partial charge in [-0.15, -0.1) is 0 Å². The molecule has 1 aromatic carbocycles. The predicted molar refractivity (Wildman–Crippen MR) is 63.6 cm³/mol. The number of hydrogen-bond donors (Lipinski definition) is 1. The van der Waals surface area contributed by atoms with Gasteiger partial charge in [-0.3, -0.25) is 0 Å². The van der Waals surface area contributed by atoms with Crippen LogP contribution in [-0.2, 0) is 6.42 Å². The summed E-state index contributed by atoms with van der Waals surface area (Å²) in [7, 11) is 0. The summed E-state index contributed by atoms with van der Waals surface area (Å²) in [5.74, 6) is 0.778. The maximum Gasteiger partial charge on any atom is 0.0642 e. The molecule has 0 radical (unpaired) electrons. The van der Waals surface area contributed by atoms with E-state index in [0.29, 0.717) is 11.1 Å². The fraction of sp³-hybridized carbons (Fsp3) is 0.500. The van der Waals surface area contributed by atoms with Crippen LogP contribution in [0.15, 0.2) is 12.1 Å². The van der Waals surface area contributed by atoms with Crippen LogP contribution in [-0.4, -0.2) is 6.54 Å². The summed E-state index contributed by atoms with van der Waals surface area (Å²) in [6.07, 6.45) is 3.70. The third-order valence-electron chi connectivity index (χ3n) is 3.39. The molecule has 1 atom stereocenters. The summed E-state index contributed by atoms with van der Waals surface area (Å²) in [6.45, 7) is 1.06. The molecule has 3 rings (SSSR count). The van der Waals surface area contributed by atoms with Gasteiger partial charge in [0.15, 0.2) is 0 Å². The van der Waals surface area contributed by atoms with Gasteiger partial charge in [0.05, 0.1) is 10.0 Å². The van der Waals surface area contributed by atoms with Crippen LogP contribution >= 0.6 is 23.2 Å². The van der Waals surface area contributed by atoms with Crippen LogP contribution in [0.3, 0.4) is 0 Å². The zero-order valence-corrected chi connectivity index (χ0v) is 9.91. The van der Waals surface area contributed by atoms with E-state index < -0.39 is 0 Å². The summed E-state index contributed by atoms with van der Waals surface area (Å²) in [4.78, 5) is 0. The van der Waals surface area contributed by atoms with E-state index in [2.05, 4.69) is 11.4 Å². The van der Waals surface area contributed by atoms with E-state index in [4.69, 9.17) is 23.2 Å². The first kappa shape index (κ1) is 9.95. The second kappa shape index (κ2) is 3.65. The predicted octanol–water partition coefficient (Wildman–Crippen LogP) is 3.59. The molecule has 3 heteroatoms. The van der Waals surface area contributed by atoms with E-state index in [1.807, 2.05) is 6.07 Å². The van der Waals surface area contributed by atoms with Crippen LogP contribution in [0.5, 0.6) is 0 Å². The van der Waals surface area contributed by atoms with Crippen LogP contribution < -0.4 is 5.32 Å². The minimum Gasteiger partial charge on any atom is -0.309 e. The van der Waals surface area contributed by atoms with Crippen molar-refractivity contribution in [3.8, 4) is 0 Å². The Morgan fingerprint density at radius 2 is 2.00 bits per heavy atom. The Labute approximate surface area is 99.8 Å². The number of benzene rings is 1. The standard InChI is InChI=1S/C12H13Cl2N/c13-9-4-3-7-5-6-15-12(8-1-2-8)10(7)11(9)14/h3-4,8,12,15H,1-2,5-6H2. The molecule has 0 aromatic heterocycles. The lowest BCUT2D eigenvalue weighted by Crippen LogP contribution is -2.31. The SMILES string of the molecule is Clc1ccc2c(c1Cl)C(C1CC1)NCC2. The largest absolute Gasteiger partial charge is 0.309 e. The lowest BCUT2D eigenvalue weighted by atomic mass is 9.91. The molecule has 1 saturated carbocycles. The molecule has 80 valence electrons. The first-order chi connectivity index (χ1) is 7.27. The summed E-state index contributed by atoms with van der Waals surface area (Å²) in [5, 5.41) is 5.01. The lowest BCUT2D eigenvalue weighted by molar-refractivity contribution is 0.458. The van der Waals surface area contributed by atoms with Gasteiger partial charge >= 0.3 is 0 Å².